The average molecular weight is 467 g/mol. The molecule has 0 amide bonds. The van der Waals surface area contributed by atoms with Crippen LogP contribution in [0.15, 0.2) is 12.1 Å². The van der Waals surface area contributed by atoms with E-state index in [1.165, 1.54) is 63.5 Å². The van der Waals surface area contributed by atoms with Gasteiger partial charge in [0.25, 0.3) is 0 Å². The number of rotatable bonds is 16. The van der Waals surface area contributed by atoms with Crippen LogP contribution in [0.25, 0.3) is 0 Å². The summed E-state index contributed by atoms with van der Waals surface area (Å²) in [6, 6.07) is 2.85. The molecule has 3 nitrogen and oxygen atoms in total. The topological polar surface area (TPSA) is 46.5 Å². The van der Waals surface area contributed by atoms with Crippen LogP contribution in [0.4, 0.5) is 8.78 Å². The smallest absolute Gasteiger partial charge is 0.314 e. The molecule has 33 heavy (non-hydrogen) atoms. The van der Waals surface area contributed by atoms with Gasteiger partial charge < -0.3 is 9.84 Å². The van der Waals surface area contributed by atoms with Crippen LogP contribution in [0.3, 0.4) is 0 Å². The van der Waals surface area contributed by atoms with Crippen LogP contribution in [0.1, 0.15) is 122 Å². The molecule has 0 aliphatic heterocycles. The highest BCUT2D eigenvalue weighted by Crippen LogP contribution is 2.45. The number of halogens is 2. The Morgan fingerprint density at radius 2 is 1.48 bits per heavy atom. The fourth-order valence-electron chi connectivity index (χ4n) is 5.17. The van der Waals surface area contributed by atoms with Gasteiger partial charge in [-0.1, -0.05) is 90.5 Å². The van der Waals surface area contributed by atoms with Crippen molar-refractivity contribution in [2.45, 2.75) is 122 Å². The Bertz CT molecular complexity index is 711. The number of hydrogen-bond donors (Lipinski definition) is 1. The minimum Gasteiger partial charge on any atom is -0.490 e. The van der Waals surface area contributed by atoms with Crippen LogP contribution in [-0.4, -0.2) is 17.7 Å². The first kappa shape index (κ1) is 27.6. The molecule has 1 fully saturated rings. The Morgan fingerprint density at radius 3 is 2.09 bits per heavy atom. The zero-order chi connectivity index (χ0) is 24.1. The number of ether oxygens (including phenoxy) is 1. The van der Waals surface area contributed by atoms with E-state index in [1.807, 2.05) is 0 Å². The SMILES string of the molecule is CCCCCCCCOc1ccc(C2(C(=O)O)CCC(CCCCCCC)CC2)c(F)c1F. The Labute approximate surface area is 199 Å². The molecule has 0 aromatic heterocycles. The van der Waals surface area contributed by atoms with Crippen molar-refractivity contribution in [1.82, 2.24) is 0 Å². The zero-order valence-corrected chi connectivity index (χ0v) is 20.8. The van der Waals surface area contributed by atoms with Crippen molar-refractivity contribution < 1.29 is 23.4 Å². The lowest BCUT2D eigenvalue weighted by Gasteiger charge is -2.37. The number of benzene rings is 1. The third kappa shape index (κ3) is 7.96. The van der Waals surface area contributed by atoms with Gasteiger partial charge in [0.2, 0.25) is 5.82 Å². The summed E-state index contributed by atoms with van der Waals surface area (Å²) >= 11 is 0. The lowest BCUT2D eigenvalue weighted by Crippen LogP contribution is -2.40. The van der Waals surface area contributed by atoms with E-state index in [1.54, 1.807) is 0 Å². The Morgan fingerprint density at radius 1 is 0.909 bits per heavy atom. The van der Waals surface area contributed by atoms with Crippen LogP contribution in [0.5, 0.6) is 5.75 Å². The van der Waals surface area contributed by atoms with Crippen LogP contribution < -0.4 is 4.74 Å². The fourth-order valence-corrected chi connectivity index (χ4v) is 5.17. The van der Waals surface area contributed by atoms with Crippen molar-refractivity contribution in [3.63, 3.8) is 0 Å². The fraction of sp³-hybridized carbons (Fsp3) is 0.750. The number of carboxylic acid groups (broad SMARTS) is 1. The highest BCUT2D eigenvalue weighted by molar-refractivity contribution is 5.81. The van der Waals surface area contributed by atoms with Gasteiger partial charge in [-0.15, -0.1) is 0 Å². The minimum atomic E-state index is -1.35. The van der Waals surface area contributed by atoms with Gasteiger partial charge in [-0.2, -0.15) is 4.39 Å². The lowest BCUT2D eigenvalue weighted by molar-refractivity contribution is -0.145. The Kier molecular flexibility index (Phi) is 12.2. The maximum Gasteiger partial charge on any atom is 0.314 e. The van der Waals surface area contributed by atoms with Gasteiger partial charge in [0.05, 0.1) is 12.0 Å². The molecule has 1 aromatic rings. The predicted molar refractivity (Wildman–Crippen MR) is 130 cm³/mol. The largest absolute Gasteiger partial charge is 0.490 e. The standard InChI is InChI=1S/C28H44F2O3/c1-3-5-7-9-11-13-21-33-24-16-15-23(25(29)26(24)30)28(27(31)32)19-17-22(18-20-28)14-12-10-8-6-4-2/h15-16,22H,3-14,17-21H2,1-2H3,(H,31,32). The lowest BCUT2D eigenvalue weighted by atomic mass is 9.65. The van der Waals surface area contributed by atoms with Gasteiger partial charge in [0, 0.05) is 5.56 Å². The van der Waals surface area contributed by atoms with E-state index in [0.717, 1.165) is 38.5 Å². The van der Waals surface area contributed by atoms with Gasteiger partial charge >= 0.3 is 5.97 Å². The molecule has 0 atom stereocenters. The van der Waals surface area contributed by atoms with Gasteiger partial charge in [-0.3, -0.25) is 4.79 Å². The second kappa shape index (κ2) is 14.6. The van der Waals surface area contributed by atoms with Crippen molar-refractivity contribution in [3.05, 3.63) is 29.3 Å². The monoisotopic (exact) mass is 466 g/mol. The second-order valence-electron chi connectivity index (χ2n) is 9.89. The maximum atomic E-state index is 15.1. The van der Waals surface area contributed by atoms with Crippen LogP contribution in [0.2, 0.25) is 0 Å². The number of carbonyl (C=O) groups is 1. The summed E-state index contributed by atoms with van der Waals surface area (Å²) in [5.74, 6) is -2.81. The third-order valence-corrected chi connectivity index (χ3v) is 7.40. The minimum absolute atomic E-state index is 0.0270. The number of unbranched alkanes of at least 4 members (excludes halogenated alkanes) is 9. The summed E-state index contributed by atoms with van der Waals surface area (Å²) in [5.41, 5.74) is -1.37. The highest BCUT2D eigenvalue weighted by Gasteiger charge is 2.45. The van der Waals surface area contributed by atoms with Crippen LogP contribution in [0, 0.1) is 17.6 Å². The summed E-state index contributed by atoms with van der Waals surface area (Å²) in [4.78, 5) is 12.3. The molecule has 0 radical (unpaired) electrons. The molecule has 0 bridgehead atoms. The summed E-state index contributed by atoms with van der Waals surface area (Å²) in [5, 5.41) is 10.0. The van der Waals surface area contributed by atoms with Gasteiger partial charge in [0.15, 0.2) is 11.6 Å². The summed E-state index contributed by atoms with van der Waals surface area (Å²) in [6.45, 7) is 4.70. The molecule has 188 valence electrons. The van der Waals surface area contributed by atoms with Crippen molar-refractivity contribution in [3.8, 4) is 5.75 Å². The van der Waals surface area contributed by atoms with E-state index >= 15 is 4.39 Å². The first-order chi connectivity index (χ1) is 16.0. The first-order valence-corrected chi connectivity index (χ1v) is 13.3. The quantitative estimate of drug-likeness (QED) is 0.248. The van der Waals surface area contributed by atoms with Crippen molar-refractivity contribution >= 4 is 5.97 Å². The van der Waals surface area contributed by atoms with E-state index in [2.05, 4.69) is 13.8 Å². The van der Waals surface area contributed by atoms with Crippen molar-refractivity contribution in [1.29, 1.82) is 0 Å². The molecular formula is C28H44F2O3. The third-order valence-electron chi connectivity index (χ3n) is 7.40. The molecule has 1 aliphatic carbocycles. The molecule has 0 spiro atoms. The molecule has 1 aromatic carbocycles. The molecule has 1 aliphatic rings. The summed E-state index contributed by atoms with van der Waals surface area (Å²) in [6.07, 6.45) is 15.9. The maximum absolute atomic E-state index is 15.1. The molecule has 0 saturated heterocycles. The Hall–Kier alpha value is -1.65. The van der Waals surface area contributed by atoms with Gasteiger partial charge in [-0.25, -0.2) is 4.39 Å². The van der Waals surface area contributed by atoms with E-state index in [-0.39, 0.29) is 11.3 Å². The molecule has 0 unspecified atom stereocenters. The Balaban J connectivity index is 1.95. The van der Waals surface area contributed by atoms with E-state index in [9.17, 15) is 14.3 Å². The van der Waals surface area contributed by atoms with E-state index in [0.29, 0.717) is 25.4 Å². The van der Waals surface area contributed by atoms with Crippen LogP contribution >= 0.6 is 0 Å². The molecule has 0 heterocycles. The van der Waals surface area contributed by atoms with Gasteiger partial charge in [-0.05, 0) is 44.1 Å². The van der Waals surface area contributed by atoms with Crippen molar-refractivity contribution in [2.24, 2.45) is 5.92 Å². The number of hydrogen-bond acceptors (Lipinski definition) is 2. The molecule has 1 saturated carbocycles. The number of aliphatic carboxylic acids is 1. The highest BCUT2D eigenvalue weighted by atomic mass is 19.2. The predicted octanol–water partition coefficient (Wildman–Crippen LogP) is 8.58. The molecule has 1 N–H and O–H groups in total. The molecule has 5 heteroatoms. The second-order valence-corrected chi connectivity index (χ2v) is 9.89. The average Bonchev–Trinajstić information content (AvgIpc) is 2.81. The molecule has 2 rings (SSSR count). The number of carboxylic acids is 1. The van der Waals surface area contributed by atoms with Gasteiger partial charge in [0.1, 0.15) is 0 Å². The summed E-state index contributed by atoms with van der Waals surface area (Å²) in [7, 11) is 0. The summed E-state index contributed by atoms with van der Waals surface area (Å²) < 4.78 is 35.3. The first-order valence-electron chi connectivity index (χ1n) is 13.3. The zero-order valence-electron chi connectivity index (χ0n) is 20.8. The van der Waals surface area contributed by atoms with E-state index in [4.69, 9.17) is 4.74 Å². The van der Waals surface area contributed by atoms with Crippen LogP contribution in [-0.2, 0) is 10.2 Å². The normalized spacial score (nSPS) is 20.7. The van der Waals surface area contributed by atoms with Crippen molar-refractivity contribution in [2.75, 3.05) is 6.61 Å². The molecular weight excluding hydrogens is 422 g/mol. The van der Waals surface area contributed by atoms with E-state index < -0.39 is 23.0 Å².